The van der Waals surface area contributed by atoms with Crippen LogP contribution >= 0.6 is 22.9 Å². The molecule has 2 aromatic carbocycles. The zero-order chi connectivity index (χ0) is 20.1. The van der Waals surface area contributed by atoms with Gasteiger partial charge in [0, 0.05) is 28.1 Å². The summed E-state index contributed by atoms with van der Waals surface area (Å²) in [7, 11) is 0. The van der Waals surface area contributed by atoms with E-state index in [2.05, 4.69) is 10.6 Å². The normalized spacial score (nSPS) is 10.7. The summed E-state index contributed by atoms with van der Waals surface area (Å²) in [6, 6.07) is 16.6. The van der Waals surface area contributed by atoms with Gasteiger partial charge in [-0.05, 0) is 35.7 Å². The number of hydrogen-bond acceptors (Lipinski definition) is 3. The second kappa shape index (κ2) is 9.04. The van der Waals surface area contributed by atoms with Gasteiger partial charge in [0.05, 0.1) is 5.56 Å². The Morgan fingerprint density at radius 3 is 2.32 bits per heavy atom. The molecule has 0 fully saturated rings. The van der Waals surface area contributed by atoms with E-state index in [0.29, 0.717) is 27.7 Å². The van der Waals surface area contributed by atoms with E-state index in [1.807, 2.05) is 49.6 Å². The van der Waals surface area contributed by atoms with Crippen molar-refractivity contribution in [2.45, 2.75) is 20.3 Å². The lowest BCUT2D eigenvalue weighted by Gasteiger charge is -2.11. The first-order valence-corrected chi connectivity index (χ1v) is 10.2. The van der Waals surface area contributed by atoms with Gasteiger partial charge < -0.3 is 10.6 Å². The van der Waals surface area contributed by atoms with Crippen LogP contribution in [-0.4, -0.2) is 11.8 Å². The van der Waals surface area contributed by atoms with E-state index in [9.17, 15) is 9.59 Å². The molecule has 28 heavy (non-hydrogen) atoms. The molecule has 2 N–H and O–H groups in total. The van der Waals surface area contributed by atoms with Crippen molar-refractivity contribution in [3.05, 3.63) is 70.6 Å². The molecule has 0 radical (unpaired) electrons. The van der Waals surface area contributed by atoms with E-state index in [-0.39, 0.29) is 17.7 Å². The van der Waals surface area contributed by atoms with Gasteiger partial charge >= 0.3 is 0 Å². The minimum absolute atomic E-state index is 0.1000. The largest absolute Gasteiger partial charge is 0.322 e. The summed E-state index contributed by atoms with van der Waals surface area (Å²) < 4.78 is 0. The third kappa shape index (κ3) is 5.00. The SMILES string of the molecule is CC(C)CC(=O)Nc1scc(-c2ccccc2)c1C(=O)Nc1ccc(Cl)cc1. The van der Waals surface area contributed by atoms with Crippen molar-refractivity contribution in [2.75, 3.05) is 10.6 Å². The van der Waals surface area contributed by atoms with Gasteiger partial charge in [-0.1, -0.05) is 55.8 Å². The molecule has 0 saturated heterocycles. The second-order valence-electron chi connectivity index (χ2n) is 6.83. The summed E-state index contributed by atoms with van der Waals surface area (Å²) in [5.74, 6) is -0.140. The van der Waals surface area contributed by atoms with E-state index in [4.69, 9.17) is 11.6 Å². The molecule has 0 aliphatic heterocycles. The Labute approximate surface area is 173 Å². The number of carbonyl (C=O) groups excluding carboxylic acids is 2. The van der Waals surface area contributed by atoms with Crippen LogP contribution in [0.1, 0.15) is 30.6 Å². The number of rotatable bonds is 6. The number of carbonyl (C=O) groups is 2. The van der Waals surface area contributed by atoms with Crippen LogP contribution in [0.25, 0.3) is 11.1 Å². The molecule has 144 valence electrons. The molecule has 0 saturated carbocycles. The molecule has 0 atom stereocenters. The van der Waals surface area contributed by atoms with Crippen molar-refractivity contribution in [1.29, 1.82) is 0 Å². The van der Waals surface area contributed by atoms with Crippen molar-refractivity contribution in [1.82, 2.24) is 0 Å². The molecule has 4 nitrogen and oxygen atoms in total. The predicted molar refractivity (Wildman–Crippen MR) is 117 cm³/mol. The van der Waals surface area contributed by atoms with Crippen LogP contribution in [0.15, 0.2) is 60.0 Å². The molecular formula is C22H21ClN2O2S. The second-order valence-corrected chi connectivity index (χ2v) is 8.14. The highest BCUT2D eigenvalue weighted by Gasteiger charge is 2.22. The number of benzene rings is 2. The first-order valence-electron chi connectivity index (χ1n) is 8.97. The summed E-state index contributed by atoms with van der Waals surface area (Å²) in [4.78, 5) is 25.4. The highest BCUT2D eigenvalue weighted by atomic mass is 35.5. The molecule has 6 heteroatoms. The van der Waals surface area contributed by atoms with Crippen molar-refractivity contribution < 1.29 is 9.59 Å². The fraction of sp³-hybridized carbons (Fsp3) is 0.182. The molecular weight excluding hydrogens is 392 g/mol. The molecule has 0 unspecified atom stereocenters. The first-order chi connectivity index (χ1) is 13.4. The van der Waals surface area contributed by atoms with Crippen molar-refractivity contribution in [2.24, 2.45) is 5.92 Å². The van der Waals surface area contributed by atoms with E-state index >= 15 is 0 Å². The highest BCUT2D eigenvalue weighted by molar-refractivity contribution is 7.15. The van der Waals surface area contributed by atoms with Crippen LogP contribution in [0, 0.1) is 5.92 Å². The molecule has 0 bridgehead atoms. The fourth-order valence-electron chi connectivity index (χ4n) is 2.78. The van der Waals surface area contributed by atoms with E-state index < -0.39 is 0 Å². The van der Waals surface area contributed by atoms with Crippen LogP contribution in [0.2, 0.25) is 5.02 Å². The number of amides is 2. The Morgan fingerprint density at radius 1 is 1.00 bits per heavy atom. The fourth-order valence-corrected chi connectivity index (χ4v) is 3.89. The van der Waals surface area contributed by atoms with Crippen molar-refractivity contribution in [3.8, 4) is 11.1 Å². The number of nitrogens with one attached hydrogen (secondary N) is 2. The Morgan fingerprint density at radius 2 is 1.68 bits per heavy atom. The van der Waals surface area contributed by atoms with Crippen LogP contribution in [0.4, 0.5) is 10.7 Å². The van der Waals surface area contributed by atoms with Gasteiger partial charge in [0.1, 0.15) is 5.00 Å². The van der Waals surface area contributed by atoms with Crippen LogP contribution in [-0.2, 0) is 4.79 Å². The summed E-state index contributed by atoms with van der Waals surface area (Å²) in [5, 5.41) is 8.85. The molecule has 2 amide bonds. The summed E-state index contributed by atoms with van der Waals surface area (Å²) >= 11 is 7.27. The Bertz CT molecular complexity index is 966. The average Bonchev–Trinajstić information content (AvgIpc) is 3.07. The zero-order valence-corrected chi connectivity index (χ0v) is 17.2. The van der Waals surface area contributed by atoms with Gasteiger partial charge in [0.2, 0.25) is 5.91 Å². The Balaban J connectivity index is 1.95. The van der Waals surface area contributed by atoms with E-state index in [0.717, 1.165) is 11.1 Å². The molecule has 0 aliphatic rings. The molecule has 0 spiro atoms. The summed E-state index contributed by atoms with van der Waals surface area (Å²) in [6.45, 7) is 3.97. The minimum Gasteiger partial charge on any atom is -0.322 e. The molecule has 0 aliphatic carbocycles. The van der Waals surface area contributed by atoms with Gasteiger partial charge in [-0.3, -0.25) is 9.59 Å². The number of thiophene rings is 1. The van der Waals surface area contributed by atoms with Gasteiger partial charge in [0.15, 0.2) is 0 Å². The van der Waals surface area contributed by atoms with Gasteiger partial charge in [0.25, 0.3) is 5.91 Å². The molecule has 3 aromatic rings. The Hall–Kier alpha value is -2.63. The van der Waals surface area contributed by atoms with Crippen molar-refractivity contribution >= 4 is 45.4 Å². The third-order valence-electron chi connectivity index (χ3n) is 4.05. The lowest BCUT2D eigenvalue weighted by atomic mass is 10.0. The van der Waals surface area contributed by atoms with E-state index in [1.165, 1.54) is 11.3 Å². The molecule has 3 rings (SSSR count). The maximum atomic E-state index is 13.1. The highest BCUT2D eigenvalue weighted by Crippen LogP contribution is 2.36. The lowest BCUT2D eigenvalue weighted by Crippen LogP contribution is -2.18. The summed E-state index contributed by atoms with van der Waals surface area (Å²) in [5.41, 5.74) is 2.81. The predicted octanol–water partition coefficient (Wildman–Crippen LogP) is 6.31. The minimum atomic E-state index is -0.276. The lowest BCUT2D eigenvalue weighted by molar-refractivity contribution is -0.116. The number of halogens is 1. The van der Waals surface area contributed by atoms with Crippen LogP contribution in [0.5, 0.6) is 0 Å². The van der Waals surface area contributed by atoms with E-state index in [1.54, 1.807) is 24.3 Å². The topological polar surface area (TPSA) is 58.2 Å². The third-order valence-corrected chi connectivity index (χ3v) is 5.20. The molecule has 1 heterocycles. The smallest absolute Gasteiger partial charge is 0.259 e. The maximum absolute atomic E-state index is 13.1. The first kappa shape index (κ1) is 20.1. The Kier molecular flexibility index (Phi) is 6.49. The van der Waals surface area contributed by atoms with Gasteiger partial charge in [-0.25, -0.2) is 0 Å². The van der Waals surface area contributed by atoms with Crippen LogP contribution < -0.4 is 10.6 Å². The van der Waals surface area contributed by atoms with Gasteiger partial charge in [-0.2, -0.15) is 0 Å². The summed E-state index contributed by atoms with van der Waals surface area (Å²) in [6.07, 6.45) is 0.400. The van der Waals surface area contributed by atoms with Crippen LogP contribution in [0.3, 0.4) is 0 Å². The maximum Gasteiger partial charge on any atom is 0.259 e. The molecule has 1 aromatic heterocycles. The number of hydrogen-bond donors (Lipinski definition) is 2. The quantitative estimate of drug-likeness (QED) is 0.498. The zero-order valence-electron chi connectivity index (χ0n) is 15.7. The monoisotopic (exact) mass is 412 g/mol. The van der Waals surface area contributed by atoms with Crippen molar-refractivity contribution in [3.63, 3.8) is 0 Å². The number of anilines is 2. The van der Waals surface area contributed by atoms with Gasteiger partial charge in [-0.15, -0.1) is 11.3 Å². The average molecular weight is 413 g/mol. The standard InChI is InChI=1S/C22H21ClN2O2S/c1-14(2)12-19(26)25-22-20(18(13-28-22)15-6-4-3-5-7-15)21(27)24-17-10-8-16(23)9-11-17/h3-11,13-14H,12H2,1-2H3,(H,24,27)(H,25,26).